The summed E-state index contributed by atoms with van der Waals surface area (Å²) in [6.45, 7) is 4.03. The van der Waals surface area contributed by atoms with E-state index >= 15 is 0 Å². The molecule has 0 amide bonds. The van der Waals surface area contributed by atoms with Crippen LogP contribution >= 0.6 is 0 Å². The molecule has 2 bridgehead atoms. The molecule has 20 heavy (non-hydrogen) atoms. The van der Waals surface area contributed by atoms with Crippen LogP contribution < -0.4 is 5.32 Å². The molecule has 4 nitrogen and oxygen atoms in total. The van der Waals surface area contributed by atoms with Crippen LogP contribution in [0.1, 0.15) is 39.0 Å². The van der Waals surface area contributed by atoms with Crippen LogP contribution in [0.2, 0.25) is 0 Å². The monoisotopic (exact) mass is 282 g/mol. The number of likely N-dealkylation sites (N-methyl/N-ethyl adjacent to an activating group) is 1. The first-order valence-electron chi connectivity index (χ1n) is 7.94. The zero-order valence-corrected chi connectivity index (χ0v) is 13.4. The molecule has 0 spiro atoms. The highest BCUT2D eigenvalue weighted by atomic mass is 16.5. The molecule has 4 heteroatoms. The maximum absolute atomic E-state index is 11.8. The van der Waals surface area contributed by atoms with E-state index in [9.17, 15) is 4.79 Å². The molecule has 2 rings (SSSR count). The SMILES string of the molecule is CNC(C)(CCN(C)CC1CC2CCC1C2)C(=O)OC. The number of carbonyl (C=O) groups excluding carboxylic acids is 1. The molecule has 2 saturated carbocycles. The van der Waals surface area contributed by atoms with Crippen molar-refractivity contribution in [2.75, 3.05) is 34.3 Å². The quantitative estimate of drug-likeness (QED) is 0.724. The van der Waals surface area contributed by atoms with Crippen molar-refractivity contribution in [3.05, 3.63) is 0 Å². The molecule has 116 valence electrons. The molecule has 1 N–H and O–H groups in total. The zero-order chi connectivity index (χ0) is 14.8. The number of hydrogen-bond acceptors (Lipinski definition) is 4. The van der Waals surface area contributed by atoms with Gasteiger partial charge in [-0.2, -0.15) is 0 Å². The molecule has 0 aromatic rings. The van der Waals surface area contributed by atoms with Gasteiger partial charge in [0.1, 0.15) is 5.54 Å². The van der Waals surface area contributed by atoms with Gasteiger partial charge in [0.2, 0.25) is 0 Å². The van der Waals surface area contributed by atoms with Crippen molar-refractivity contribution in [2.24, 2.45) is 17.8 Å². The summed E-state index contributed by atoms with van der Waals surface area (Å²) in [6, 6.07) is 0. The molecule has 0 heterocycles. The Morgan fingerprint density at radius 3 is 2.65 bits per heavy atom. The number of methoxy groups -OCH3 is 1. The second kappa shape index (κ2) is 6.44. The molecule has 4 atom stereocenters. The third-order valence-electron chi connectivity index (χ3n) is 5.61. The largest absolute Gasteiger partial charge is 0.468 e. The van der Waals surface area contributed by atoms with E-state index in [1.165, 1.54) is 39.3 Å². The van der Waals surface area contributed by atoms with E-state index in [2.05, 4.69) is 17.3 Å². The number of nitrogens with one attached hydrogen (secondary N) is 1. The summed E-state index contributed by atoms with van der Waals surface area (Å²) in [7, 11) is 5.46. The summed E-state index contributed by atoms with van der Waals surface area (Å²) in [4.78, 5) is 14.2. The van der Waals surface area contributed by atoms with E-state index in [1.54, 1.807) is 0 Å². The average Bonchev–Trinajstić information content (AvgIpc) is 3.06. The molecular formula is C16H30N2O2. The fourth-order valence-electron chi connectivity index (χ4n) is 4.06. The van der Waals surface area contributed by atoms with Crippen LogP contribution in [0.4, 0.5) is 0 Å². The molecule has 0 aliphatic heterocycles. The molecule has 2 aliphatic rings. The Bertz CT molecular complexity index is 347. The van der Waals surface area contributed by atoms with Gasteiger partial charge in [-0.25, -0.2) is 0 Å². The van der Waals surface area contributed by atoms with Crippen molar-refractivity contribution >= 4 is 5.97 Å². The molecule has 0 aromatic carbocycles. The summed E-state index contributed by atoms with van der Waals surface area (Å²) < 4.78 is 4.89. The highest BCUT2D eigenvalue weighted by Crippen LogP contribution is 2.48. The van der Waals surface area contributed by atoms with Crippen molar-refractivity contribution in [3.8, 4) is 0 Å². The van der Waals surface area contributed by atoms with E-state index in [1.807, 2.05) is 14.0 Å². The first-order valence-corrected chi connectivity index (χ1v) is 7.94. The highest BCUT2D eigenvalue weighted by Gasteiger charge is 2.40. The van der Waals surface area contributed by atoms with Crippen LogP contribution in [0.25, 0.3) is 0 Å². The van der Waals surface area contributed by atoms with Crippen molar-refractivity contribution < 1.29 is 9.53 Å². The topological polar surface area (TPSA) is 41.6 Å². The van der Waals surface area contributed by atoms with Crippen molar-refractivity contribution in [1.82, 2.24) is 10.2 Å². The van der Waals surface area contributed by atoms with Crippen molar-refractivity contribution in [1.29, 1.82) is 0 Å². The first kappa shape index (κ1) is 15.8. The lowest BCUT2D eigenvalue weighted by atomic mass is 9.88. The minimum absolute atomic E-state index is 0.173. The Kier molecular flexibility index (Phi) is 5.08. The molecule has 4 unspecified atom stereocenters. The van der Waals surface area contributed by atoms with Crippen LogP contribution in [-0.2, 0) is 9.53 Å². The van der Waals surface area contributed by atoms with Crippen LogP contribution in [-0.4, -0.2) is 50.7 Å². The van der Waals surface area contributed by atoms with Crippen LogP contribution in [0, 0.1) is 17.8 Å². The molecule has 2 aliphatic carbocycles. The van der Waals surface area contributed by atoms with Crippen LogP contribution in [0.15, 0.2) is 0 Å². The van der Waals surface area contributed by atoms with Gasteiger partial charge in [-0.15, -0.1) is 0 Å². The van der Waals surface area contributed by atoms with Gasteiger partial charge in [0, 0.05) is 13.1 Å². The fourth-order valence-corrected chi connectivity index (χ4v) is 4.06. The standard InChI is InChI=1S/C16H30N2O2/c1-16(17-2,15(19)20-4)7-8-18(3)11-14-10-12-5-6-13(14)9-12/h12-14,17H,5-11H2,1-4H3. The van der Waals surface area contributed by atoms with E-state index in [0.717, 1.165) is 30.7 Å². The third-order valence-corrected chi connectivity index (χ3v) is 5.61. The minimum atomic E-state index is -0.572. The predicted octanol–water partition coefficient (Wildman–Crippen LogP) is 1.90. The van der Waals surface area contributed by atoms with Gasteiger partial charge >= 0.3 is 5.97 Å². The lowest BCUT2D eigenvalue weighted by Gasteiger charge is -2.31. The second-order valence-electron chi connectivity index (χ2n) is 7.02. The Balaban J connectivity index is 1.77. The minimum Gasteiger partial charge on any atom is -0.468 e. The number of hydrogen-bond donors (Lipinski definition) is 1. The Morgan fingerprint density at radius 2 is 2.15 bits per heavy atom. The fraction of sp³-hybridized carbons (Fsp3) is 0.938. The smallest absolute Gasteiger partial charge is 0.325 e. The molecular weight excluding hydrogens is 252 g/mol. The zero-order valence-electron chi connectivity index (χ0n) is 13.4. The summed E-state index contributed by atoms with van der Waals surface area (Å²) in [5, 5.41) is 3.10. The number of ether oxygens (including phenoxy) is 1. The lowest BCUT2D eigenvalue weighted by Crippen LogP contribution is -2.50. The molecule has 0 radical (unpaired) electrons. The number of nitrogens with zero attached hydrogens (tertiary/aromatic N) is 1. The predicted molar refractivity (Wildman–Crippen MR) is 80.5 cm³/mol. The Hall–Kier alpha value is -0.610. The maximum Gasteiger partial charge on any atom is 0.325 e. The number of fused-ring (bicyclic) bond motifs is 2. The number of rotatable bonds is 7. The second-order valence-corrected chi connectivity index (χ2v) is 7.02. The van der Waals surface area contributed by atoms with E-state index in [4.69, 9.17) is 4.74 Å². The van der Waals surface area contributed by atoms with Gasteiger partial charge in [0.05, 0.1) is 7.11 Å². The summed E-state index contributed by atoms with van der Waals surface area (Å²) in [5.41, 5.74) is -0.572. The van der Waals surface area contributed by atoms with Gasteiger partial charge in [-0.3, -0.25) is 4.79 Å². The van der Waals surface area contributed by atoms with Crippen molar-refractivity contribution in [2.45, 2.75) is 44.6 Å². The molecule has 0 aromatic heterocycles. The van der Waals surface area contributed by atoms with Gasteiger partial charge in [0.15, 0.2) is 0 Å². The third kappa shape index (κ3) is 3.34. The van der Waals surface area contributed by atoms with E-state index in [0.29, 0.717) is 0 Å². The van der Waals surface area contributed by atoms with Gasteiger partial charge in [0.25, 0.3) is 0 Å². The molecule has 0 saturated heterocycles. The maximum atomic E-state index is 11.8. The lowest BCUT2D eigenvalue weighted by molar-refractivity contribution is -0.148. The summed E-state index contributed by atoms with van der Waals surface area (Å²) in [5.74, 6) is 2.70. The Morgan fingerprint density at radius 1 is 1.40 bits per heavy atom. The van der Waals surface area contributed by atoms with Gasteiger partial charge < -0.3 is 15.0 Å². The average molecular weight is 282 g/mol. The summed E-state index contributed by atoms with van der Waals surface area (Å²) >= 11 is 0. The normalized spacial score (nSPS) is 31.6. The first-order chi connectivity index (χ1) is 9.48. The number of carbonyl (C=O) groups is 1. The summed E-state index contributed by atoms with van der Waals surface area (Å²) in [6.07, 6.45) is 6.59. The van der Waals surface area contributed by atoms with Crippen LogP contribution in [0.3, 0.4) is 0 Å². The van der Waals surface area contributed by atoms with Gasteiger partial charge in [-0.05, 0) is 64.5 Å². The van der Waals surface area contributed by atoms with E-state index < -0.39 is 5.54 Å². The van der Waals surface area contributed by atoms with Crippen molar-refractivity contribution in [3.63, 3.8) is 0 Å². The van der Waals surface area contributed by atoms with Gasteiger partial charge in [-0.1, -0.05) is 6.42 Å². The number of esters is 1. The Labute approximate surface area is 123 Å². The highest BCUT2D eigenvalue weighted by molar-refractivity contribution is 5.80. The van der Waals surface area contributed by atoms with E-state index in [-0.39, 0.29) is 5.97 Å². The van der Waals surface area contributed by atoms with Crippen LogP contribution in [0.5, 0.6) is 0 Å². The molecule has 2 fully saturated rings.